The van der Waals surface area contributed by atoms with Crippen molar-refractivity contribution in [3.63, 3.8) is 0 Å². The molecular formula is C99H74B2N4O4. The molecule has 0 radical (unpaired) electrons. The first kappa shape index (κ1) is 61.7. The van der Waals surface area contributed by atoms with E-state index < -0.39 is 0 Å². The number of nitrogens with zero attached hydrogens (tertiary/aromatic N) is 4. The van der Waals surface area contributed by atoms with Gasteiger partial charge in [-0.15, -0.1) is 0 Å². The summed E-state index contributed by atoms with van der Waals surface area (Å²) in [5.41, 5.74) is 31.5. The molecule has 24 rings (SSSR count). The first-order valence-electron chi connectivity index (χ1n) is 38.7. The quantitative estimate of drug-likeness (QED) is 0.165. The number of para-hydroxylation sites is 4. The lowest BCUT2D eigenvalue weighted by atomic mass is 9.34. The highest BCUT2D eigenvalue weighted by Crippen LogP contribution is 2.50. The molecule has 4 aliphatic heterocycles. The molecule has 0 fully saturated rings. The molecule has 4 aliphatic rings. The van der Waals surface area contributed by atoms with Crippen LogP contribution >= 0.6 is 0 Å². The van der Waals surface area contributed by atoms with E-state index in [1.54, 1.807) is 0 Å². The Morgan fingerprint density at radius 3 is 1.37 bits per heavy atom. The molecule has 520 valence electrons. The van der Waals surface area contributed by atoms with Crippen molar-refractivity contribution in [1.29, 1.82) is 0 Å². The topological polar surface area (TPSA) is 64.5 Å². The molecule has 0 N–H and O–H groups in total. The average Bonchev–Trinajstić information content (AvgIpc) is 1.54. The third-order valence-electron chi connectivity index (χ3n) is 25.3. The molecule has 0 saturated heterocycles. The number of hydrogen-bond donors (Lipinski definition) is 0. The molecule has 0 amide bonds. The minimum Gasteiger partial charge on any atom is -0.458 e. The van der Waals surface area contributed by atoms with Crippen LogP contribution < -0.4 is 42.3 Å². The maximum Gasteiger partial charge on any atom is 0.256 e. The zero-order chi connectivity index (χ0) is 73.1. The van der Waals surface area contributed by atoms with Gasteiger partial charge in [0.2, 0.25) is 0 Å². The van der Waals surface area contributed by atoms with Crippen molar-refractivity contribution < 1.29 is 18.3 Å². The third kappa shape index (κ3) is 8.20. The fourth-order valence-electron chi connectivity index (χ4n) is 19.9. The van der Waals surface area contributed by atoms with Crippen LogP contribution in [0.2, 0.25) is 0 Å². The van der Waals surface area contributed by atoms with Gasteiger partial charge in [-0.05, 0) is 216 Å². The van der Waals surface area contributed by atoms with Gasteiger partial charge in [-0.2, -0.15) is 0 Å². The van der Waals surface area contributed by atoms with Gasteiger partial charge in [0.05, 0.1) is 49.4 Å². The Morgan fingerprint density at radius 2 is 0.780 bits per heavy atom. The minimum atomic E-state index is -0.153. The number of aromatic nitrogens is 4. The Hall–Kier alpha value is -12.4. The van der Waals surface area contributed by atoms with Crippen LogP contribution in [-0.2, 0) is 16.2 Å². The van der Waals surface area contributed by atoms with E-state index in [9.17, 15) is 0 Å². The molecule has 0 unspecified atom stereocenters. The largest absolute Gasteiger partial charge is 0.458 e. The second-order valence-corrected chi connectivity index (χ2v) is 34.9. The van der Waals surface area contributed by atoms with Gasteiger partial charge < -0.3 is 36.6 Å². The third-order valence-corrected chi connectivity index (χ3v) is 25.3. The summed E-state index contributed by atoms with van der Waals surface area (Å²) in [6.45, 7) is 25.1. The van der Waals surface area contributed by atoms with Crippen molar-refractivity contribution in [3.8, 4) is 56.9 Å². The van der Waals surface area contributed by atoms with Crippen molar-refractivity contribution in [1.82, 2.24) is 18.3 Å². The molecule has 8 nitrogen and oxygen atoms in total. The second-order valence-electron chi connectivity index (χ2n) is 34.9. The van der Waals surface area contributed by atoms with Gasteiger partial charge in [0.25, 0.3) is 13.4 Å². The summed E-state index contributed by atoms with van der Waals surface area (Å²) in [6.07, 6.45) is 0. The Bertz CT molecular complexity index is 7560. The van der Waals surface area contributed by atoms with Crippen molar-refractivity contribution >= 4 is 177 Å². The van der Waals surface area contributed by atoms with E-state index in [0.717, 1.165) is 122 Å². The standard InChI is InChI=1S/C99H74B2N4O4/c1-52(2)55-43-81-91-87(44-55)106-86-47-57(98(6,7)8)30-35-72(86)101(91)74-51-70-69-50-60(32-40-84(69)109-96(70)90-89-80(105(81)94(74)90)38-33-65-68-49-59(31-39-83(68)108-95(65)89)102-75-24-15-12-19-61(75)62-20-13-16-25-76(62)102)103-77-26-17-14-21-63(77)66-41-53(27-36-78(66)103)54-28-37-79-67(42-54)64-22-18-23-73-93(64)104(79)82-45-58(99(9,10)11)48-88-92(82)100(73)71-34-29-56(97(3,4)5)46-85(71)107-88/h12-52H,1-11H3. The van der Waals surface area contributed by atoms with Gasteiger partial charge in [-0.3, -0.25) is 0 Å². The number of rotatable bonds is 4. The first-order chi connectivity index (χ1) is 52.7. The lowest BCUT2D eigenvalue weighted by Crippen LogP contribution is -2.58. The highest BCUT2D eigenvalue weighted by atomic mass is 16.5. The maximum atomic E-state index is 7.53. The van der Waals surface area contributed by atoms with Gasteiger partial charge in [0.15, 0.2) is 0 Å². The molecule has 14 aromatic carbocycles. The van der Waals surface area contributed by atoms with Crippen molar-refractivity contribution in [2.75, 3.05) is 0 Å². The zero-order valence-electron chi connectivity index (χ0n) is 62.7. The van der Waals surface area contributed by atoms with Crippen molar-refractivity contribution in [2.45, 2.75) is 98.3 Å². The van der Waals surface area contributed by atoms with E-state index in [4.69, 9.17) is 18.3 Å². The molecule has 10 heterocycles. The summed E-state index contributed by atoms with van der Waals surface area (Å²) in [4.78, 5) is 0. The van der Waals surface area contributed by atoms with E-state index >= 15 is 0 Å². The number of furan rings is 2. The predicted molar refractivity (Wildman–Crippen MR) is 456 cm³/mol. The molecular weight excluding hydrogens is 1330 g/mol. The zero-order valence-corrected chi connectivity index (χ0v) is 62.7. The van der Waals surface area contributed by atoms with Crippen LogP contribution in [0.4, 0.5) is 0 Å². The van der Waals surface area contributed by atoms with E-state index in [0.29, 0.717) is 0 Å². The smallest absolute Gasteiger partial charge is 0.256 e. The number of fused-ring (bicyclic) bond motifs is 28. The molecule has 0 saturated carbocycles. The van der Waals surface area contributed by atoms with Gasteiger partial charge in [0, 0.05) is 82.1 Å². The Morgan fingerprint density at radius 1 is 0.303 bits per heavy atom. The minimum absolute atomic E-state index is 0.0224. The first-order valence-corrected chi connectivity index (χ1v) is 38.7. The summed E-state index contributed by atoms with van der Waals surface area (Å²) < 4.78 is 39.3. The van der Waals surface area contributed by atoms with E-state index in [-0.39, 0.29) is 35.6 Å². The SMILES string of the molecule is CC(C)c1cc2c3c(c1)-n1c4ccc5c6cc(-n7c8ccccc8c8ccccc87)ccc6oc5c4c4c5oc6ccc(-n7c8ccccc8c8cc(-c9ccc%10c(c9)c9cccc%11c9n%10-c9cc(C(C)(C)C)cc%10c9B%11c9ccc(C(C)(C)C)cc9O%10)ccc87)cc6c5cc(c41)B3c1ccc(C(C)(C)C)cc1O2. The van der Waals surface area contributed by atoms with E-state index in [2.05, 4.69) is 337 Å². The number of hydrogen-bond acceptors (Lipinski definition) is 4. The lowest BCUT2D eigenvalue weighted by molar-refractivity contribution is 0.479. The van der Waals surface area contributed by atoms with Gasteiger partial charge in [0.1, 0.15) is 45.3 Å². The van der Waals surface area contributed by atoms with Crippen LogP contribution in [0.25, 0.3) is 165 Å². The molecule has 0 bridgehead atoms. The van der Waals surface area contributed by atoms with Crippen LogP contribution in [-0.4, -0.2) is 31.7 Å². The monoisotopic (exact) mass is 1400 g/mol. The Labute approximate surface area is 630 Å². The maximum absolute atomic E-state index is 7.53. The fourth-order valence-corrected chi connectivity index (χ4v) is 19.9. The van der Waals surface area contributed by atoms with Crippen molar-refractivity contribution in [3.05, 3.63) is 265 Å². The Kier molecular flexibility index (Phi) is 11.8. The van der Waals surface area contributed by atoms with Crippen LogP contribution in [0.5, 0.6) is 23.0 Å². The Balaban J connectivity index is 0.706. The van der Waals surface area contributed by atoms with Crippen LogP contribution in [0.1, 0.15) is 104 Å². The molecule has 0 aliphatic carbocycles. The number of benzene rings is 14. The van der Waals surface area contributed by atoms with E-state index in [1.165, 1.54) is 121 Å². The molecule has 10 heteroatoms. The summed E-state index contributed by atoms with van der Waals surface area (Å²) in [5.74, 6) is 3.96. The van der Waals surface area contributed by atoms with E-state index in [1.807, 2.05) is 0 Å². The van der Waals surface area contributed by atoms with Crippen molar-refractivity contribution in [2.24, 2.45) is 0 Å². The molecule has 0 spiro atoms. The van der Waals surface area contributed by atoms with Crippen LogP contribution in [0, 0.1) is 0 Å². The molecule has 20 aromatic rings. The number of ether oxygens (including phenoxy) is 2. The summed E-state index contributed by atoms with van der Waals surface area (Å²) in [5, 5.41) is 13.6. The summed E-state index contributed by atoms with van der Waals surface area (Å²) >= 11 is 0. The summed E-state index contributed by atoms with van der Waals surface area (Å²) in [7, 11) is 0. The normalized spacial score (nSPS) is 13.8. The predicted octanol–water partition coefficient (Wildman–Crippen LogP) is 22.4. The molecule has 109 heavy (non-hydrogen) atoms. The van der Waals surface area contributed by atoms with Gasteiger partial charge >= 0.3 is 0 Å². The van der Waals surface area contributed by atoms with Crippen LogP contribution in [0.15, 0.2) is 251 Å². The van der Waals surface area contributed by atoms with Gasteiger partial charge in [-0.25, -0.2) is 0 Å². The van der Waals surface area contributed by atoms with Crippen LogP contribution in [0.3, 0.4) is 0 Å². The second kappa shape index (κ2) is 20.8. The average molecular weight is 1410 g/mol. The molecule has 0 atom stereocenters. The summed E-state index contributed by atoms with van der Waals surface area (Å²) in [6, 6.07) is 91.7. The highest BCUT2D eigenvalue weighted by Gasteiger charge is 2.45. The lowest BCUT2D eigenvalue weighted by Gasteiger charge is -2.35. The highest BCUT2D eigenvalue weighted by molar-refractivity contribution is 7.00. The molecule has 6 aromatic heterocycles. The fraction of sp³-hybridized carbons (Fsp3) is 0.152. The van der Waals surface area contributed by atoms with Gasteiger partial charge in [-0.1, -0.05) is 191 Å².